The van der Waals surface area contributed by atoms with Gasteiger partial charge in [-0.15, -0.1) is 0 Å². The number of ketones is 1. The van der Waals surface area contributed by atoms with Crippen molar-refractivity contribution in [3.05, 3.63) is 86.8 Å². The summed E-state index contributed by atoms with van der Waals surface area (Å²) in [5.74, 6) is 0.152. The van der Waals surface area contributed by atoms with Gasteiger partial charge in [-0.1, -0.05) is 78.8 Å². The van der Waals surface area contributed by atoms with E-state index in [-0.39, 0.29) is 5.78 Å². The van der Waals surface area contributed by atoms with E-state index in [0.717, 1.165) is 35.1 Å². The number of carbonyl (C=O) groups excluding carboxylic acids is 1. The Hall–Kier alpha value is -2.88. The van der Waals surface area contributed by atoms with E-state index in [9.17, 15) is 4.79 Å². The first-order valence-corrected chi connectivity index (χ1v) is 13.5. The molecule has 1 saturated carbocycles. The van der Waals surface area contributed by atoms with Gasteiger partial charge in [-0.25, -0.2) is 0 Å². The predicted molar refractivity (Wildman–Crippen MR) is 124 cm³/mol. The number of carbonyl (C=O) groups is 1. The molecule has 3 rings (SSSR count). The zero-order valence-electron chi connectivity index (χ0n) is 17.5. The number of Topliss-reactive ketones (excluding diaryl/α,β-unsaturated/α-hetero) is 1. The second-order valence-corrected chi connectivity index (χ2v) is 14.4. The zero-order chi connectivity index (χ0) is 21.0. The van der Waals surface area contributed by atoms with E-state index >= 15 is 0 Å². The fraction of sp³-hybridized carbons (Fsp3) is 0.292. The lowest BCUT2D eigenvalue weighted by molar-refractivity contribution is -0.112. The van der Waals surface area contributed by atoms with Gasteiger partial charge in [-0.2, -0.15) is 0 Å². The number of aryl methyl sites for hydroxylation is 1. The number of hydrogen-bond acceptors (Lipinski definition) is 2. The molecular formula is C24H27N3OSi. The molecule has 1 fully saturated rings. The summed E-state index contributed by atoms with van der Waals surface area (Å²) in [5.41, 5.74) is 14.7. The van der Waals surface area contributed by atoms with Crippen LogP contribution in [0.25, 0.3) is 22.6 Å². The summed E-state index contributed by atoms with van der Waals surface area (Å²) in [4.78, 5) is 16.1. The fourth-order valence-electron chi connectivity index (χ4n) is 3.61. The van der Waals surface area contributed by atoms with E-state index in [1.165, 1.54) is 5.56 Å². The Morgan fingerprint density at radius 1 is 0.931 bits per heavy atom. The van der Waals surface area contributed by atoms with Gasteiger partial charge in [-0.3, -0.25) is 4.79 Å². The maximum Gasteiger partial charge on any atom is 0.185 e. The van der Waals surface area contributed by atoms with Crippen LogP contribution in [0, 0.1) is 6.92 Å². The van der Waals surface area contributed by atoms with Crippen LogP contribution in [-0.2, 0) is 4.79 Å². The van der Waals surface area contributed by atoms with Crippen LogP contribution in [0.3, 0.4) is 0 Å². The fourth-order valence-corrected chi connectivity index (χ4v) is 5.27. The van der Waals surface area contributed by atoms with Gasteiger partial charge >= 0.3 is 0 Å². The molecule has 0 N–H and O–H groups in total. The molecule has 2 aromatic carbocycles. The highest BCUT2D eigenvalue weighted by molar-refractivity contribution is 6.77. The van der Waals surface area contributed by atoms with Crippen molar-refractivity contribution in [2.24, 2.45) is 5.11 Å². The lowest BCUT2D eigenvalue weighted by atomic mass is 9.86. The molecule has 0 heterocycles. The Bertz CT molecular complexity index is 1010. The summed E-state index contributed by atoms with van der Waals surface area (Å²) in [6.45, 7) is 9.20. The van der Waals surface area contributed by atoms with Crippen LogP contribution in [-0.4, -0.2) is 13.9 Å². The molecule has 2 aromatic rings. The van der Waals surface area contributed by atoms with Gasteiger partial charge in [0.1, 0.15) is 0 Å². The molecule has 0 saturated heterocycles. The van der Waals surface area contributed by atoms with E-state index in [4.69, 9.17) is 5.53 Å². The molecule has 0 radical (unpaired) electrons. The summed E-state index contributed by atoms with van der Waals surface area (Å²) < 4.78 is 0. The number of nitrogens with zero attached hydrogens (tertiary/aromatic N) is 3. The molecule has 0 aliphatic heterocycles. The van der Waals surface area contributed by atoms with E-state index in [1.807, 2.05) is 18.2 Å². The Labute approximate surface area is 173 Å². The van der Waals surface area contributed by atoms with Gasteiger partial charge < -0.3 is 0 Å². The van der Waals surface area contributed by atoms with Crippen molar-refractivity contribution < 1.29 is 4.79 Å². The molecule has 1 unspecified atom stereocenters. The predicted octanol–water partition coefficient (Wildman–Crippen LogP) is 7.48. The van der Waals surface area contributed by atoms with Crippen LogP contribution >= 0.6 is 0 Å². The Balaban J connectivity index is 1.97. The first-order chi connectivity index (χ1) is 13.8. The third-order valence-electron chi connectivity index (χ3n) is 5.55. The third-order valence-corrected chi connectivity index (χ3v) is 8.41. The highest BCUT2D eigenvalue weighted by Crippen LogP contribution is 2.41. The smallest absolute Gasteiger partial charge is 0.185 e. The van der Waals surface area contributed by atoms with Crippen molar-refractivity contribution in [3.8, 4) is 0 Å². The van der Waals surface area contributed by atoms with E-state index in [2.05, 4.69) is 66.9 Å². The van der Waals surface area contributed by atoms with Crippen LogP contribution < -0.4 is 0 Å². The lowest BCUT2D eigenvalue weighted by Gasteiger charge is -2.34. The molecule has 0 bridgehead atoms. The van der Waals surface area contributed by atoms with Crippen LogP contribution in [0.5, 0.6) is 0 Å². The minimum Gasteiger partial charge on any atom is -0.289 e. The molecule has 5 heteroatoms. The monoisotopic (exact) mass is 401 g/mol. The molecule has 0 amide bonds. The Morgan fingerprint density at radius 2 is 1.41 bits per heavy atom. The summed E-state index contributed by atoms with van der Waals surface area (Å²) in [7, 11) is -1.42. The number of hydrogen-bond donors (Lipinski definition) is 0. The van der Waals surface area contributed by atoms with Crippen molar-refractivity contribution in [1.82, 2.24) is 0 Å². The number of allylic oxidation sites excluding steroid dienone is 2. The third kappa shape index (κ3) is 5.34. The second kappa shape index (κ2) is 8.64. The van der Waals surface area contributed by atoms with Crippen molar-refractivity contribution in [3.63, 3.8) is 0 Å². The van der Waals surface area contributed by atoms with Crippen molar-refractivity contribution >= 4 is 31.7 Å². The van der Waals surface area contributed by atoms with Gasteiger partial charge in [0.2, 0.25) is 0 Å². The molecule has 1 aliphatic rings. The molecular weight excluding hydrogens is 374 g/mol. The lowest BCUT2D eigenvalue weighted by Crippen LogP contribution is -2.33. The highest BCUT2D eigenvalue weighted by atomic mass is 28.3. The van der Waals surface area contributed by atoms with Gasteiger partial charge in [0.25, 0.3) is 0 Å². The average molecular weight is 402 g/mol. The maximum atomic E-state index is 13.3. The maximum absolute atomic E-state index is 13.3. The summed E-state index contributed by atoms with van der Waals surface area (Å²) in [6.07, 6.45) is 5.75. The molecule has 0 aromatic heterocycles. The van der Waals surface area contributed by atoms with Crippen LogP contribution in [0.2, 0.25) is 25.2 Å². The van der Waals surface area contributed by atoms with Gasteiger partial charge in [0.05, 0.1) is 0 Å². The number of rotatable bonds is 4. The largest absolute Gasteiger partial charge is 0.289 e. The standard InChI is InChI=1S/C24H27N3OSi/c1-17-5-7-18(8-6-17)13-20-15-23(29(2,3)4)16-21(24(20)28)14-19-9-11-22(12-10-19)26-27-25/h5-14,23H,15-16H2,1-4H3/b20-13+,21-14+. The highest BCUT2D eigenvalue weighted by Gasteiger charge is 2.35. The van der Waals surface area contributed by atoms with Gasteiger partial charge in [0.15, 0.2) is 5.78 Å². The van der Waals surface area contributed by atoms with Crippen LogP contribution in [0.4, 0.5) is 5.69 Å². The first-order valence-electron chi connectivity index (χ1n) is 9.94. The van der Waals surface area contributed by atoms with Crippen molar-refractivity contribution in [2.45, 2.75) is 44.9 Å². The summed E-state index contributed by atoms with van der Waals surface area (Å²) >= 11 is 0. The molecule has 4 nitrogen and oxygen atoms in total. The Kier molecular flexibility index (Phi) is 6.21. The molecule has 1 atom stereocenters. The quantitative estimate of drug-likeness (QED) is 0.172. The van der Waals surface area contributed by atoms with Gasteiger partial charge in [-0.05, 0) is 54.1 Å². The normalized spacial score (nSPS) is 20.0. The number of azide groups is 1. The summed E-state index contributed by atoms with van der Waals surface area (Å²) in [6, 6.07) is 15.7. The average Bonchev–Trinajstić information content (AvgIpc) is 2.67. The molecule has 0 spiro atoms. The molecule has 1 aliphatic carbocycles. The minimum atomic E-state index is -1.42. The second-order valence-electron chi connectivity index (χ2n) is 8.83. The topological polar surface area (TPSA) is 65.8 Å². The number of benzene rings is 2. The zero-order valence-corrected chi connectivity index (χ0v) is 18.5. The molecule has 148 valence electrons. The van der Waals surface area contributed by atoms with Crippen molar-refractivity contribution in [2.75, 3.05) is 0 Å². The first kappa shape index (κ1) is 20.8. The van der Waals surface area contributed by atoms with E-state index < -0.39 is 8.07 Å². The van der Waals surface area contributed by atoms with Crippen LogP contribution in [0.1, 0.15) is 29.5 Å². The minimum absolute atomic E-state index is 0.152. The van der Waals surface area contributed by atoms with E-state index in [0.29, 0.717) is 11.2 Å². The van der Waals surface area contributed by atoms with E-state index in [1.54, 1.807) is 12.1 Å². The van der Waals surface area contributed by atoms with Crippen LogP contribution in [0.15, 0.2) is 64.8 Å². The van der Waals surface area contributed by atoms with Gasteiger partial charge in [0, 0.05) is 29.8 Å². The van der Waals surface area contributed by atoms with Crippen molar-refractivity contribution in [1.29, 1.82) is 0 Å². The SMILES string of the molecule is Cc1ccc(/C=C2\CC([Si](C)(C)C)C/C(=C\c3ccc(N=[N+]=[N-])cc3)C2=O)cc1. The molecule has 29 heavy (non-hydrogen) atoms. The summed E-state index contributed by atoms with van der Waals surface area (Å²) in [5, 5.41) is 3.61. The Morgan fingerprint density at radius 3 is 1.86 bits per heavy atom.